The molecule has 0 aliphatic carbocycles. The first kappa shape index (κ1) is 12.6. The van der Waals surface area contributed by atoms with Crippen LogP contribution in [0, 0.1) is 0 Å². The molecule has 0 unspecified atom stereocenters. The van der Waals surface area contributed by atoms with Crippen molar-refractivity contribution in [1.29, 1.82) is 0 Å². The molecule has 0 aromatic carbocycles. The summed E-state index contributed by atoms with van der Waals surface area (Å²) in [5.74, 6) is 0.161. The Hall–Kier alpha value is -0.430. The maximum absolute atomic E-state index is 11.1. The first-order valence-electron chi connectivity index (χ1n) is 5.05. The topological polar surface area (TPSA) is 58.6 Å². The zero-order valence-electron chi connectivity index (χ0n) is 8.81. The molecule has 0 aromatic rings. The highest BCUT2D eigenvalue weighted by molar-refractivity contribution is 7.94. The molecule has 0 aromatic heterocycles. The van der Waals surface area contributed by atoms with Crippen LogP contribution in [-0.2, 0) is 14.6 Å². The second-order valence-corrected chi connectivity index (χ2v) is 5.46. The lowest BCUT2D eigenvalue weighted by Crippen LogP contribution is -2.46. The smallest absolute Gasteiger partial charge is 0.171 e. The number of hydrogen-bond donors (Lipinski definition) is 1. The first-order chi connectivity index (χ1) is 7.14. The number of rotatable bonds is 6. The SMILES string of the molecule is C=CS(=O)(=O)CCCNN1CCOCC1. The zero-order valence-corrected chi connectivity index (χ0v) is 9.63. The average molecular weight is 234 g/mol. The molecule has 1 N–H and O–H groups in total. The van der Waals surface area contributed by atoms with E-state index in [0.29, 0.717) is 13.0 Å². The largest absolute Gasteiger partial charge is 0.379 e. The van der Waals surface area contributed by atoms with Crippen molar-refractivity contribution in [2.75, 3.05) is 38.6 Å². The summed E-state index contributed by atoms with van der Waals surface area (Å²) in [5.41, 5.74) is 3.17. The van der Waals surface area contributed by atoms with E-state index in [1.807, 2.05) is 0 Å². The van der Waals surface area contributed by atoms with Gasteiger partial charge in [0.2, 0.25) is 0 Å². The Kier molecular flexibility index (Phi) is 5.24. The highest BCUT2D eigenvalue weighted by Crippen LogP contribution is 1.95. The highest BCUT2D eigenvalue weighted by Gasteiger charge is 2.09. The summed E-state index contributed by atoms with van der Waals surface area (Å²) < 4.78 is 27.3. The molecule has 0 bridgehead atoms. The molecular weight excluding hydrogens is 216 g/mol. The monoisotopic (exact) mass is 234 g/mol. The van der Waals surface area contributed by atoms with Gasteiger partial charge in [-0.05, 0) is 6.42 Å². The lowest BCUT2D eigenvalue weighted by Gasteiger charge is -2.27. The second kappa shape index (κ2) is 6.22. The van der Waals surface area contributed by atoms with Crippen LogP contribution in [0.5, 0.6) is 0 Å². The number of nitrogens with one attached hydrogen (secondary N) is 1. The Labute approximate surface area is 91.0 Å². The molecule has 0 radical (unpaired) electrons. The third-order valence-electron chi connectivity index (χ3n) is 2.21. The number of hydrogen-bond acceptors (Lipinski definition) is 5. The van der Waals surface area contributed by atoms with Crippen LogP contribution in [0.1, 0.15) is 6.42 Å². The molecule has 1 aliphatic rings. The Morgan fingerprint density at radius 3 is 2.67 bits per heavy atom. The molecule has 5 nitrogen and oxygen atoms in total. The average Bonchev–Trinajstić information content (AvgIpc) is 2.26. The van der Waals surface area contributed by atoms with Gasteiger partial charge in [0, 0.05) is 25.0 Å². The number of morpholine rings is 1. The van der Waals surface area contributed by atoms with E-state index in [-0.39, 0.29) is 5.75 Å². The predicted molar refractivity (Wildman–Crippen MR) is 59.0 cm³/mol. The van der Waals surface area contributed by atoms with Crippen molar-refractivity contribution < 1.29 is 13.2 Å². The number of ether oxygens (including phenoxy) is 1. The zero-order chi connectivity index (χ0) is 11.1. The summed E-state index contributed by atoms with van der Waals surface area (Å²) in [5, 5.41) is 3.08. The molecule has 1 rings (SSSR count). The summed E-state index contributed by atoms with van der Waals surface area (Å²) in [4.78, 5) is 0. The highest BCUT2D eigenvalue weighted by atomic mass is 32.2. The first-order valence-corrected chi connectivity index (χ1v) is 6.77. The molecule has 0 amide bonds. The van der Waals surface area contributed by atoms with Crippen molar-refractivity contribution in [2.45, 2.75) is 6.42 Å². The third-order valence-corrected chi connectivity index (χ3v) is 3.57. The van der Waals surface area contributed by atoms with Crippen molar-refractivity contribution in [3.63, 3.8) is 0 Å². The predicted octanol–water partition coefficient (Wildman–Crippen LogP) is -0.228. The lowest BCUT2D eigenvalue weighted by molar-refractivity contribution is 0.0122. The fourth-order valence-electron chi connectivity index (χ4n) is 1.32. The van der Waals surface area contributed by atoms with Gasteiger partial charge in [-0.1, -0.05) is 6.58 Å². The summed E-state index contributed by atoms with van der Waals surface area (Å²) in [6.45, 7) is 7.12. The van der Waals surface area contributed by atoms with Gasteiger partial charge in [0.1, 0.15) is 0 Å². The molecule has 1 fully saturated rings. The number of hydrazine groups is 1. The van der Waals surface area contributed by atoms with Crippen LogP contribution in [0.15, 0.2) is 12.0 Å². The summed E-state index contributed by atoms with van der Waals surface area (Å²) in [7, 11) is -3.04. The molecule has 0 atom stereocenters. The second-order valence-electron chi connectivity index (χ2n) is 3.39. The summed E-state index contributed by atoms with van der Waals surface area (Å²) >= 11 is 0. The van der Waals surface area contributed by atoms with E-state index in [4.69, 9.17) is 4.74 Å². The van der Waals surface area contributed by atoms with Gasteiger partial charge in [-0.25, -0.2) is 13.4 Å². The van der Waals surface area contributed by atoms with Gasteiger partial charge in [-0.3, -0.25) is 5.43 Å². The van der Waals surface area contributed by atoms with Gasteiger partial charge in [-0.2, -0.15) is 0 Å². The maximum atomic E-state index is 11.1. The molecule has 88 valence electrons. The Morgan fingerprint density at radius 2 is 2.07 bits per heavy atom. The van der Waals surface area contributed by atoms with E-state index in [1.165, 1.54) is 0 Å². The van der Waals surface area contributed by atoms with E-state index in [1.54, 1.807) is 0 Å². The van der Waals surface area contributed by atoms with Crippen LogP contribution >= 0.6 is 0 Å². The third kappa shape index (κ3) is 5.27. The molecule has 0 spiro atoms. The maximum Gasteiger partial charge on any atom is 0.171 e. The van der Waals surface area contributed by atoms with Gasteiger partial charge in [0.15, 0.2) is 9.84 Å². The van der Waals surface area contributed by atoms with Crippen LogP contribution in [0.25, 0.3) is 0 Å². The Balaban J connectivity index is 2.08. The minimum atomic E-state index is -3.04. The number of nitrogens with zero attached hydrogens (tertiary/aromatic N) is 1. The van der Waals surface area contributed by atoms with E-state index < -0.39 is 9.84 Å². The minimum Gasteiger partial charge on any atom is -0.379 e. The van der Waals surface area contributed by atoms with E-state index in [9.17, 15) is 8.42 Å². The van der Waals surface area contributed by atoms with Gasteiger partial charge in [-0.15, -0.1) is 0 Å². The van der Waals surface area contributed by atoms with E-state index >= 15 is 0 Å². The van der Waals surface area contributed by atoms with Gasteiger partial charge in [0.25, 0.3) is 0 Å². The van der Waals surface area contributed by atoms with Gasteiger partial charge < -0.3 is 4.74 Å². The standard InChI is InChI=1S/C9H18N2O3S/c1-2-15(12,13)9-3-4-10-11-5-7-14-8-6-11/h2,10H,1,3-9H2. The van der Waals surface area contributed by atoms with Crippen LogP contribution in [-0.4, -0.2) is 52.0 Å². The molecular formula is C9H18N2O3S. The molecule has 0 saturated carbocycles. The molecule has 1 aliphatic heterocycles. The quantitative estimate of drug-likeness (QED) is 0.643. The molecule has 15 heavy (non-hydrogen) atoms. The fraction of sp³-hybridized carbons (Fsp3) is 0.778. The lowest BCUT2D eigenvalue weighted by atomic mass is 10.5. The molecule has 1 saturated heterocycles. The van der Waals surface area contributed by atoms with Crippen LogP contribution in [0.4, 0.5) is 0 Å². The van der Waals surface area contributed by atoms with Crippen molar-refractivity contribution in [3.05, 3.63) is 12.0 Å². The van der Waals surface area contributed by atoms with Crippen molar-refractivity contribution in [1.82, 2.24) is 10.4 Å². The van der Waals surface area contributed by atoms with Crippen LogP contribution in [0.2, 0.25) is 0 Å². The molecule has 1 heterocycles. The van der Waals surface area contributed by atoms with Crippen molar-refractivity contribution >= 4 is 9.84 Å². The minimum absolute atomic E-state index is 0.161. The number of sulfone groups is 1. The summed E-state index contributed by atoms with van der Waals surface area (Å²) in [6, 6.07) is 0. The fourth-order valence-corrected chi connectivity index (χ4v) is 2.03. The van der Waals surface area contributed by atoms with E-state index in [0.717, 1.165) is 31.7 Å². The molecule has 6 heteroatoms. The van der Waals surface area contributed by atoms with Crippen LogP contribution in [0.3, 0.4) is 0 Å². The van der Waals surface area contributed by atoms with E-state index in [2.05, 4.69) is 17.0 Å². The van der Waals surface area contributed by atoms with Crippen molar-refractivity contribution in [3.8, 4) is 0 Å². The van der Waals surface area contributed by atoms with Gasteiger partial charge >= 0.3 is 0 Å². The van der Waals surface area contributed by atoms with Gasteiger partial charge in [0.05, 0.1) is 19.0 Å². The van der Waals surface area contributed by atoms with Crippen molar-refractivity contribution in [2.24, 2.45) is 0 Å². The Morgan fingerprint density at radius 1 is 1.40 bits per heavy atom. The normalized spacial score (nSPS) is 18.9. The Bertz CT molecular complexity index is 284. The van der Waals surface area contributed by atoms with Crippen LogP contribution < -0.4 is 5.43 Å². The summed E-state index contributed by atoms with van der Waals surface area (Å²) in [6.07, 6.45) is 0.603.